The van der Waals surface area contributed by atoms with Crippen molar-refractivity contribution in [3.8, 4) is 0 Å². The van der Waals surface area contributed by atoms with Crippen LogP contribution in [0.2, 0.25) is 0 Å². The number of aryl methyl sites for hydroxylation is 1. The number of hydrogen-bond donors (Lipinski definition) is 2. The monoisotopic (exact) mass is 389 g/mol. The van der Waals surface area contributed by atoms with Crippen LogP contribution in [-0.4, -0.2) is 39.2 Å². The molecule has 0 spiro atoms. The van der Waals surface area contributed by atoms with Gasteiger partial charge in [-0.25, -0.2) is 14.1 Å². The van der Waals surface area contributed by atoms with E-state index in [1.54, 1.807) is 6.92 Å². The number of aromatic nitrogens is 2. The van der Waals surface area contributed by atoms with Gasteiger partial charge < -0.3 is 4.74 Å². The molecule has 4 atom stereocenters. The van der Waals surface area contributed by atoms with E-state index in [1.807, 2.05) is 13.8 Å². The predicted molar refractivity (Wildman–Crippen MR) is 90.1 cm³/mol. The molecule has 26 heavy (non-hydrogen) atoms. The fraction of sp³-hybridized carbons (Fsp3) is 0.667. The molecule has 0 radical (unpaired) electrons. The Morgan fingerprint density at radius 1 is 1.46 bits per heavy atom. The average molecular weight is 389 g/mol. The van der Waals surface area contributed by atoms with Crippen LogP contribution in [-0.2, 0) is 23.1 Å². The second-order valence-electron chi connectivity index (χ2n) is 6.81. The number of hydrogen-bond acceptors (Lipinski definition) is 8. The van der Waals surface area contributed by atoms with Crippen LogP contribution in [0.5, 0.6) is 0 Å². The van der Waals surface area contributed by atoms with Crippen LogP contribution in [0.15, 0.2) is 15.8 Å². The molecule has 11 heteroatoms. The lowest BCUT2D eigenvalue weighted by atomic mass is 10.1. The zero-order valence-electron chi connectivity index (χ0n) is 14.7. The molecule has 1 aromatic heterocycles. The highest BCUT2D eigenvalue weighted by Gasteiger charge is 2.59. The largest absolute Gasteiger partial charge is 0.622 e. The first-order chi connectivity index (χ1) is 12.2. The summed E-state index contributed by atoms with van der Waals surface area (Å²) in [5.74, 6) is -0.529. The van der Waals surface area contributed by atoms with E-state index in [-0.39, 0.29) is 25.4 Å². The first-order valence-corrected chi connectivity index (χ1v) is 9.81. The van der Waals surface area contributed by atoms with E-state index in [1.165, 1.54) is 10.8 Å². The SMILES string of the molecule is Cc1cn([C@@H]2C[C@H]3O[P+](O)(OC(=O)CC(C)C)OC[C@@H]3O2)c(=O)[nH]c1=O. The van der Waals surface area contributed by atoms with Crippen LogP contribution in [0.25, 0.3) is 0 Å². The van der Waals surface area contributed by atoms with Gasteiger partial charge in [0.1, 0.15) is 25.0 Å². The van der Waals surface area contributed by atoms with Gasteiger partial charge in [0.15, 0.2) is 0 Å². The standard InChI is InChI=1S/C15H21N2O8P/c1-8(2)4-13(18)25-26(21)22-7-11-10(24-26)5-12(23-11)17-6-9(3)14(19)16-15(17)20/h6,8,10-12,21H,4-5,7H2,1-3H3/p+1/t10-,11+,12+,26?/m1/s1. The number of carbonyl (C=O) groups excluding carboxylic acids is 1. The van der Waals surface area contributed by atoms with E-state index in [4.69, 9.17) is 18.3 Å². The Morgan fingerprint density at radius 3 is 2.88 bits per heavy atom. The number of ether oxygens (including phenoxy) is 1. The summed E-state index contributed by atoms with van der Waals surface area (Å²) in [4.78, 5) is 47.8. The van der Waals surface area contributed by atoms with Crippen molar-refractivity contribution < 1.29 is 28.0 Å². The molecule has 2 saturated heterocycles. The van der Waals surface area contributed by atoms with Crippen molar-refractivity contribution in [1.29, 1.82) is 0 Å². The second kappa shape index (κ2) is 7.21. The summed E-state index contributed by atoms with van der Waals surface area (Å²) in [6.45, 7) is 5.25. The van der Waals surface area contributed by atoms with Gasteiger partial charge in [-0.1, -0.05) is 13.8 Å². The molecule has 0 aromatic carbocycles. The summed E-state index contributed by atoms with van der Waals surface area (Å²) in [7, 11) is -3.77. The van der Waals surface area contributed by atoms with E-state index < -0.39 is 43.8 Å². The smallest absolute Gasteiger partial charge is 0.349 e. The molecule has 0 bridgehead atoms. The third kappa shape index (κ3) is 4.05. The lowest BCUT2D eigenvalue weighted by Gasteiger charge is -2.25. The van der Waals surface area contributed by atoms with Gasteiger partial charge in [-0.05, 0) is 12.8 Å². The quantitative estimate of drug-likeness (QED) is 0.724. The number of H-pyrrole nitrogens is 1. The van der Waals surface area contributed by atoms with Gasteiger partial charge in [0.05, 0.1) is 6.42 Å². The van der Waals surface area contributed by atoms with Crippen molar-refractivity contribution in [1.82, 2.24) is 9.55 Å². The van der Waals surface area contributed by atoms with Gasteiger partial charge in [-0.15, -0.1) is 9.05 Å². The van der Waals surface area contributed by atoms with Crippen molar-refractivity contribution in [2.24, 2.45) is 5.92 Å². The van der Waals surface area contributed by atoms with Gasteiger partial charge in [0, 0.05) is 18.2 Å². The third-order valence-corrected chi connectivity index (χ3v) is 5.55. The Bertz CT molecular complexity index is 806. The maximum Gasteiger partial charge on any atom is 0.622 e. The molecule has 1 unspecified atom stereocenters. The van der Waals surface area contributed by atoms with Crippen LogP contribution in [0.4, 0.5) is 0 Å². The van der Waals surface area contributed by atoms with Gasteiger partial charge in [0.2, 0.25) is 0 Å². The number of fused-ring (bicyclic) bond motifs is 1. The van der Waals surface area contributed by atoms with E-state index in [0.29, 0.717) is 5.56 Å². The number of nitrogens with one attached hydrogen (secondary N) is 1. The highest BCUT2D eigenvalue weighted by Crippen LogP contribution is 2.63. The lowest BCUT2D eigenvalue weighted by Crippen LogP contribution is -2.36. The first-order valence-electron chi connectivity index (χ1n) is 8.31. The van der Waals surface area contributed by atoms with Crippen molar-refractivity contribution in [3.05, 3.63) is 32.6 Å². The molecule has 2 aliphatic rings. The summed E-state index contributed by atoms with van der Waals surface area (Å²) >= 11 is 0. The van der Waals surface area contributed by atoms with Crippen LogP contribution in [0, 0.1) is 12.8 Å². The normalized spacial score (nSPS) is 31.0. The fourth-order valence-electron chi connectivity index (χ4n) is 2.85. The molecular weight excluding hydrogens is 367 g/mol. The Kier molecular flexibility index (Phi) is 5.32. The van der Waals surface area contributed by atoms with Crippen molar-refractivity contribution in [2.45, 2.75) is 52.0 Å². The van der Waals surface area contributed by atoms with Crippen molar-refractivity contribution in [3.63, 3.8) is 0 Å². The average Bonchev–Trinajstić information content (AvgIpc) is 2.91. The molecular formula is C15H22N2O8P+. The summed E-state index contributed by atoms with van der Waals surface area (Å²) < 4.78 is 22.7. The first kappa shape index (κ1) is 19.2. The fourth-order valence-corrected chi connectivity index (χ4v) is 4.24. The van der Waals surface area contributed by atoms with E-state index in [0.717, 1.165) is 0 Å². The number of carbonyl (C=O) groups is 1. The van der Waals surface area contributed by atoms with Crippen molar-refractivity contribution >= 4 is 14.1 Å². The molecule has 2 fully saturated rings. The molecule has 10 nitrogen and oxygen atoms in total. The van der Waals surface area contributed by atoms with E-state index >= 15 is 0 Å². The van der Waals surface area contributed by atoms with Gasteiger partial charge in [0.25, 0.3) is 5.56 Å². The topological polar surface area (TPSA) is 129 Å². The molecule has 0 amide bonds. The maximum atomic E-state index is 12.0. The highest BCUT2D eigenvalue weighted by atomic mass is 31.2. The van der Waals surface area contributed by atoms with E-state index in [9.17, 15) is 19.3 Å². The Labute approximate surface area is 149 Å². The van der Waals surface area contributed by atoms with Crippen LogP contribution in [0.1, 0.15) is 38.5 Å². The van der Waals surface area contributed by atoms with Crippen LogP contribution in [0.3, 0.4) is 0 Å². The van der Waals surface area contributed by atoms with Crippen LogP contribution < -0.4 is 11.2 Å². The third-order valence-electron chi connectivity index (χ3n) is 4.10. The van der Waals surface area contributed by atoms with Gasteiger partial charge >= 0.3 is 19.8 Å². The minimum Gasteiger partial charge on any atom is -0.349 e. The molecule has 2 N–H and O–H groups in total. The molecule has 2 aliphatic heterocycles. The maximum absolute atomic E-state index is 12.0. The lowest BCUT2D eigenvalue weighted by molar-refractivity contribution is -0.142. The molecule has 144 valence electrons. The number of nitrogens with zero attached hydrogens (tertiary/aromatic N) is 1. The molecule has 3 rings (SSSR count). The van der Waals surface area contributed by atoms with E-state index in [2.05, 4.69) is 4.98 Å². The van der Waals surface area contributed by atoms with Crippen LogP contribution >= 0.6 is 8.17 Å². The molecule has 0 saturated carbocycles. The number of rotatable bonds is 4. The molecule has 0 aliphatic carbocycles. The zero-order valence-corrected chi connectivity index (χ0v) is 15.6. The Hall–Kier alpha value is -1.58. The Balaban J connectivity index is 1.70. The minimum atomic E-state index is -3.77. The molecule has 3 heterocycles. The highest BCUT2D eigenvalue weighted by molar-refractivity contribution is 7.56. The second-order valence-corrected chi connectivity index (χ2v) is 8.40. The summed E-state index contributed by atoms with van der Waals surface area (Å²) in [6, 6.07) is 0. The van der Waals surface area contributed by atoms with Gasteiger partial charge in [-0.2, -0.15) is 4.89 Å². The molecule has 1 aromatic rings. The zero-order chi connectivity index (χ0) is 19.1. The van der Waals surface area contributed by atoms with Crippen molar-refractivity contribution in [2.75, 3.05) is 6.61 Å². The minimum absolute atomic E-state index is 0.0303. The number of aromatic amines is 1. The summed E-state index contributed by atoms with van der Waals surface area (Å²) in [5, 5.41) is 0. The Morgan fingerprint density at radius 2 is 2.19 bits per heavy atom. The predicted octanol–water partition coefficient (Wildman–Crippen LogP) is 0.807. The summed E-state index contributed by atoms with van der Waals surface area (Å²) in [6.07, 6.45) is -0.0259. The van der Waals surface area contributed by atoms with Gasteiger partial charge in [-0.3, -0.25) is 14.3 Å². The summed E-state index contributed by atoms with van der Waals surface area (Å²) in [5.41, 5.74) is -0.691.